The molecule has 3 rings (SSSR count). The van der Waals surface area contributed by atoms with E-state index in [1.54, 1.807) is 12.1 Å². The van der Waals surface area contributed by atoms with Gasteiger partial charge in [-0.05, 0) is 24.1 Å². The van der Waals surface area contributed by atoms with Crippen molar-refractivity contribution in [3.63, 3.8) is 0 Å². The maximum absolute atomic E-state index is 13.1. The van der Waals surface area contributed by atoms with E-state index in [1.807, 2.05) is 0 Å². The third-order valence-electron chi connectivity index (χ3n) is 3.53. The molecule has 0 bridgehead atoms. The Hall–Kier alpha value is -2.34. The topological polar surface area (TPSA) is 47.6 Å². The predicted molar refractivity (Wildman–Crippen MR) is 85.8 cm³/mol. The van der Waals surface area contributed by atoms with Crippen LogP contribution >= 0.6 is 11.6 Å². The summed E-state index contributed by atoms with van der Waals surface area (Å²) < 4.78 is 36.9. The second-order valence-electron chi connectivity index (χ2n) is 5.27. The summed E-state index contributed by atoms with van der Waals surface area (Å²) in [5.74, 6) is -1.08. The number of hydrogen-bond acceptors (Lipinski definition) is 3. The lowest BCUT2D eigenvalue weighted by Crippen LogP contribution is -2.17. The minimum absolute atomic E-state index is 0.107. The highest BCUT2D eigenvalue weighted by Gasteiger charge is 2.16. The summed E-state index contributed by atoms with van der Waals surface area (Å²) in [6, 6.07) is 6.76. The maximum atomic E-state index is 13.1. The lowest BCUT2D eigenvalue weighted by atomic mass is 10.1. The largest absolute Gasteiger partial charge is 0.486 e. The molecule has 0 saturated carbocycles. The number of nitrogens with one attached hydrogen (secondary N) is 1. The Morgan fingerprint density at radius 2 is 1.79 bits per heavy atom. The van der Waals surface area contributed by atoms with Crippen LogP contribution in [0.2, 0.25) is 5.02 Å². The number of fused-ring (bicyclic) bond motifs is 1. The van der Waals surface area contributed by atoms with Crippen molar-refractivity contribution in [3.8, 4) is 11.5 Å². The molecule has 126 valence electrons. The number of aryl methyl sites for hydroxylation is 1. The number of hydrogen-bond donors (Lipinski definition) is 1. The third-order valence-corrected chi connectivity index (χ3v) is 3.84. The maximum Gasteiger partial charge on any atom is 0.224 e. The number of halogens is 3. The second kappa shape index (κ2) is 7.05. The number of anilines is 1. The molecule has 0 radical (unpaired) electrons. The highest BCUT2D eigenvalue weighted by Crippen LogP contribution is 2.38. The summed E-state index contributed by atoms with van der Waals surface area (Å²) in [5, 5.41) is 3.02. The standard InChI is InChI=1S/C17H14ClF2NO3/c18-11-8-15-16(24-6-5-23-15)9-14(11)21-17(22)4-2-10-1-3-12(19)13(20)7-10/h1,3,7-9H,2,4-6H2,(H,21,22). The van der Waals surface area contributed by atoms with E-state index < -0.39 is 11.6 Å². The quantitative estimate of drug-likeness (QED) is 0.905. The molecule has 0 spiro atoms. The van der Waals surface area contributed by atoms with Gasteiger partial charge in [0.1, 0.15) is 13.2 Å². The number of carbonyl (C=O) groups excluding carboxylic acids is 1. The van der Waals surface area contributed by atoms with E-state index >= 15 is 0 Å². The molecule has 1 amide bonds. The molecule has 0 atom stereocenters. The lowest BCUT2D eigenvalue weighted by molar-refractivity contribution is -0.116. The van der Waals surface area contributed by atoms with E-state index in [0.717, 1.165) is 12.1 Å². The molecule has 2 aromatic carbocycles. The van der Waals surface area contributed by atoms with Gasteiger partial charge in [-0.3, -0.25) is 4.79 Å². The van der Waals surface area contributed by atoms with Crippen molar-refractivity contribution < 1.29 is 23.0 Å². The predicted octanol–water partition coefficient (Wildman–Crippen LogP) is 3.96. The van der Waals surface area contributed by atoms with E-state index in [9.17, 15) is 13.6 Å². The van der Waals surface area contributed by atoms with Gasteiger partial charge in [0.15, 0.2) is 23.1 Å². The van der Waals surface area contributed by atoms with Crippen LogP contribution in [-0.2, 0) is 11.2 Å². The van der Waals surface area contributed by atoms with Crippen LogP contribution in [0.15, 0.2) is 30.3 Å². The molecular weight excluding hydrogens is 340 g/mol. The van der Waals surface area contributed by atoms with Gasteiger partial charge in [-0.25, -0.2) is 8.78 Å². The highest BCUT2D eigenvalue weighted by atomic mass is 35.5. The molecule has 1 aliphatic heterocycles. The first-order valence-electron chi connectivity index (χ1n) is 7.36. The molecule has 0 saturated heterocycles. The smallest absolute Gasteiger partial charge is 0.224 e. The number of benzene rings is 2. The average Bonchev–Trinajstić information content (AvgIpc) is 2.56. The fourth-order valence-corrected chi connectivity index (χ4v) is 2.53. The van der Waals surface area contributed by atoms with Crippen LogP contribution in [0.3, 0.4) is 0 Å². The van der Waals surface area contributed by atoms with Crippen LogP contribution in [0.4, 0.5) is 14.5 Å². The Morgan fingerprint density at radius 3 is 2.50 bits per heavy atom. The molecule has 0 fully saturated rings. The fraction of sp³-hybridized carbons (Fsp3) is 0.235. The van der Waals surface area contributed by atoms with Crippen molar-refractivity contribution in [2.45, 2.75) is 12.8 Å². The van der Waals surface area contributed by atoms with Crippen LogP contribution < -0.4 is 14.8 Å². The van der Waals surface area contributed by atoms with Crippen LogP contribution in [0.5, 0.6) is 11.5 Å². The van der Waals surface area contributed by atoms with E-state index in [0.29, 0.717) is 41.0 Å². The molecule has 24 heavy (non-hydrogen) atoms. The first-order chi connectivity index (χ1) is 11.5. The molecule has 7 heteroatoms. The third kappa shape index (κ3) is 3.76. The minimum Gasteiger partial charge on any atom is -0.486 e. The van der Waals surface area contributed by atoms with Crippen LogP contribution in [-0.4, -0.2) is 19.1 Å². The molecule has 2 aromatic rings. The van der Waals surface area contributed by atoms with Crippen LogP contribution in [0.1, 0.15) is 12.0 Å². The second-order valence-corrected chi connectivity index (χ2v) is 5.68. The number of rotatable bonds is 4. The first-order valence-corrected chi connectivity index (χ1v) is 7.73. The molecule has 1 aliphatic rings. The monoisotopic (exact) mass is 353 g/mol. The van der Waals surface area contributed by atoms with E-state index in [1.165, 1.54) is 6.07 Å². The number of carbonyl (C=O) groups is 1. The van der Waals surface area contributed by atoms with Crippen molar-refractivity contribution in [1.29, 1.82) is 0 Å². The van der Waals surface area contributed by atoms with E-state index in [4.69, 9.17) is 21.1 Å². The summed E-state index contributed by atoms with van der Waals surface area (Å²) in [6.07, 6.45) is 0.390. The van der Waals surface area contributed by atoms with Gasteiger partial charge in [0.25, 0.3) is 0 Å². The zero-order valence-electron chi connectivity index (χ0n) is 12.6. The van der Waals surface area contributed by atoms with E-state index in [2.05, 4.69) is 5.32 Å². The molecule has 1 heterocycles. The van der Waals surface area contributed by atoms with Gasteiger partial charge in [-0.15, -0.1) is 0 Å². The summed E-state index contributed by atoms with van der Waals surface area (Å²) in [6.45, 7) is 0.876. The molecule has 1 N–H and O–H groups in total. The van der Waals surface area contributed by atoms with Gasteiger partial charge in [0.2, 0.25) is 5.91 Å². The zero-order valence-corrected chi connectivity index (χ0v) is 13.3. The summed E-state index contributed by atoms with van der Waals surface area (Å²) in [4.78, 5) is 12.0. The van der Waals surface area contributed by atoms with E-state index in [-0.39, 0.29) is 18.7 Å². The lowest BCUT2D eigenvalue weighted by Gasteiger charge is -2.20. The molecule has 0 aromatic heterocycles. The molecular formula is C17H14ClF2NO3. The Labute approximate surface area is 142 Å². The van der Waals surface area contributed by atoms with Crippen LogP contribution in [0, 0.1) is 11.6 Å². The van der Waals surface area contributed by atoms with Crippen molar-refractivity contribution in [3.05, 3.63) is 52.6 Å². The van der Waals surface area contributed by atoms with Gasteiger partial charge < -0.3 is 14.8 Å². The van der Waals surface area contributed by atoms with Gasteiger partial charge in [0, 0.05) is 18.6 Å². The minimum atomic E-state index is -0.928. The van der Waals surface area contributed by atoms with Gasteiger partial charge in [-0.1, -0.05) is 17.7 Å². The Bertz CT molecular complexity index is 783. The van der Waals surface area contributed by atoms with Crippen LogP contribution in [0.25, 0.3) is 0 Å². The Balaban J connectivity index is 1.63. The van der Waals surface area contributed by atoms with Crippen molar-refractivity contribution >= 4 is 23.2 Å². The van der Waals surface area contributed by atoms with Gasteiger partial charge in [-0.2, -0.15) is 0 Å². The molecule has 0 aliphatic carbocycles. The fourth-order valence-electron chi connectivity index (χ4n) is 2.33. The van der Waals surface area contributed by atoms with Crippen molar-refractivity contribution in [2.24, 2.45) is 0 Å². The SMILES string of the molecule is O=C(CCc1ccc(F)c(F)c1)Nc1cc2c(cc1Cl)OCCO2. The highest BCUT2D eigenvalue weighted by molar-refractivity contribution is 6.34. The zero-order chi connectivity index (χ0) is 17.1. The normalized spacial score (nSPS) is 12.8. The number of ether oxygens (including phenoxy) is 2. The Morgan fingerprint density at radius 1 is 1.08 bits per heavy atom. The molecule has 0 unspecified atom stereocenters. The first kappa shape index (κ1) is 16.5. The molecule has 4 nitrogen and oxygen atoms in total. The van der Waals surface area contributed by atoms with Gasteiger partial charge >= 0.3 is 0 Å². The summed E-state index contributed by atoms with van der Waals surface area (Å²) in [5.41, 5.74) is 0.952. The number of amides is 1. The summed E-state index contributed by atoms with van der Waals surface area (Å²) >= 11 is 6.12. The average molecular weight is 354 g/mol. The van der Waals surface area contributed by atoms with Crippen molar-refractivity contribution in [2.75, 3.05) is 18.5 Å². The van der Waals surface area contributed by atoms with Crippen molar-refractivity contribution in [1.82, 2.24) is 0 Å². The van der Waals surface area contributed by atoms with Gasteiger partial charge in [0.05, 0.1) is 10.7 Å². The Kier molecular flexibility index (Phi) is 4.85. The summed E-state index contributed by atoms with van der Waals surface area (Å²) in [7, 11) is 0.